The van der Waals surface area contributed by atoms with Gasteiger partial charge in [-0.25, -0.2) is 0 Å². The quantitative estimate of drug-likeness (QED) is 0.240. The first-order valence-electron chi connectivity index (χ1n) is 14.1. The van der Waals surface area contributed by atoms with E-state index < -0.39 is 46.5 Å². The number of piperidine rings is 1. The second kappa shape index (κ2) is 18.8. The minimum Gasteiger partial charge on any atom is -0.662 e. The van der Waals surface area contributed by atoms with Gasteiger partial charge in [0, 0.05) is 17.1 Å². The maximum absolute atomic E-state index is 11.4. The topological polar surface area (TPSA) is 183 Å². The van der Waals surface area contributed by atoms with Gasteiger partial charge in [0.2, 0.25) is 0 Å². The molecule has 1 unspecified atom stereocenters. The van der Waals surface area contributed by atoms with Crippen molar-refractivity contribution >= 4 is 35.7 Å². The SMILES string of the molecule is CC1=CCC[N-]C1.CC1CCC[N-]C1.CCC1(CC)C(=O)[N-]C(=O)NC1=O.CCC1(CC)C(=O)[N-]C(=O)NC1=O.[Cu]. The maximum Gasteiger partial charge on any atom is 0.164 e. The first-order chi connectivity index (χ1) is 18.9. The number of carbonyl (C=O) groups is 6. The molecule has 13 heteroatoms. The molecule has 1 radical (unpaired) electrons. The predicted octanol–water partition coefficient (Wildman–Crippen LogP) is 5.38. The number of nitrogens with one attached hydrogen (secondary N) is 2. The van der Waals surface area contributed by atoms with Crippen LogP contribution in [0.4, 0.5) is 9.59 Å². The van der Waals surface area contributed by atoms with Crippen molar-refractivity contribution in [3.63, 3.8) is 0 Å². The van der Waals surface area contributed by atoms with Crippen molar-refractivity contribution in [3.8, 4) is 0 Å². The first kappa shape index (κ1) is 38.4. The summed E-state index contributed by atoms with van der Waals surface area (Å²) in [5.74, 6) is -1.42. The summed E-state index contributed by atoms with van der Waals surface area (Å²) in [5, 5.41) is 19.0. The van der Waals surface area contributed by atoms with Crippen LogP contribution in [0.3, 0.4) is 0 Å². The summed E-state index contributed by atoms with van der Waals surface area (Å²) in [6, 6.07) is -1.71. The van der Waals surface area contributed by atoms with Crippen LogP contribution in [-0.4, -0.2) is 61.9 Å². The van der Waals surface area contributed by atoms with Gasteiger partial charge in [-0.05, 0) is 32.6 Å². The van der Waals surface area contributed by atoms with Gasteiger partial charge in [-0.2, -0.15) is 0 Å². The largest absolute Gasteiger partial charge is 0.662 e. The van der Waals surface area contributed by atoms with Crippen LogP contribution in [0.5, 0.6) is 0 Å². The third kappa shape index (κ3) is 11.0. The van der Waals surface area contributed by atoms with Crippen LogP contribution in [0.1, 0.15) is 86.5 Å². The monoisotopic (exact) mass is 623 g/mol. The zero-order valence-electron chi connectivity index (χ0n) is 25.0. The van der Waals surface area contributed by atoms with Gasteiger partial charge in [0.1, 0.15) is 0 Å². The summed E-state index contributed by atoms with van der Waals surface area (Å²) >= 11 is 0. The van der Waals surface area contributed by atoms with Crippen molar-refractivity contribution in [3.05, 3.63) is 32.9 Å². The Kier molecular flexibility index (Phi) is 17.6. The van der Waals surface area contributed by atoms with E-state index in [1.165, 1.54) is 18.4 Å². The van der Waals surface area contributed by atoms with Crippen molar-refractivity contribution in [1.29, 1.82) is 0 Å². The molecule has 1 atom stereocenters. The van der Waals surface area contributed by atoms with Gasteiger partial charge in [0.25, 0.3) is 0 Å². The average Bonchev–Trinajstić information content (AvgIpc) is 2.91. The fourth-order valence-corrected chi connectivity index (χ4v) is 4.51. The van der Waals surface area contributed by atoms with Crippen LogP contribution >= 0.6 is 0 Å². The molecule has 4 aliphatic rings. The molecule has 3 saturated heterocycles. The fraction of sp³-hybridized carbons (Fsp3) is 0.714. The molecule has 0 aromatic rings. The summed E-state index contributed by atoms with van der Waals surface area (Å²) in [6.45, 7) is 15.5. The number of hydrogen-bond donors (Lipinski definition) is 2. The van der Waals surface area contributed by atoms with Crippen molar-refractivity contribution in [2.75, 3.05) is 26.2 Å². The van der Waals surface area contributed by atoms with Gasteiger partial charge >= 0.3 is 0 Å². The van der Waals surface area contributed by atoms with E-state index in [0.29, 0.717) is 25.7 Å². The Bertz CT molecular complexity index is 856. The zero-order valence-corrected chi connectivity index (χ0v) is 25.9. The number of amides is 8. The van der Waals surface area contributed by atoms with E-state index in [0.717, 1.165) is 38.5 Å². The Morgan fingerprint density at radius 1 is 0.780 bits per heavy atom. The summed E-state index contributed by atoms with van der Waals surface area (Å²) in [5.41, 5.74) is -0.812. The summed E-state index contributed by atoms with van der Waals surface area (Å²) in [6.07, 6.45) is 7.59. The molecule has 0 bridgehead atoms. The summed E-state index contributed by atoms with van der Waals surface area (Å²) in [7, 11) is 0. The van der Waals surface area contributed by atoms with Gasteiger partial charge in [-0.3, -0.25) is 28.8 Å². The normalized spacial score (nSPS) is 22.6. The van der Waals surface area contributed by atoms with Crippen LogP contribution in [0.2, 0.25) is 0 Å². The van der Waals surface area contributed by atoms with E-state index >= 15 is 0 Å². The molecule has 3 fully saturated rings. The first-order valence-corrected chi connectivity index (χ1v) is 14.1. The van der Waals surface area contributed by atoms with Crippen molar-refractivity contribution in [2.45, 2.75) is 86.5 Å². The minimum atomic E-state index is -1.12. The standard InChI is InChI=1S/2C8H12N2O3.C6H12N.C6H10N.Cu/c2*1-3-8(4-2)5(11)9-7(13)10-6(8)12;2*1-6-3-2-4-7-5-6;/h2*3-4H2,1-2H3,(H2,9,10,11,12,13);6H,2-5H2,1H3;3H,2,4-5H2,1H3;/q;;2*-1;/p-2. The molecule has 0 aliphatic carbocycles. The van der Waals surface area contributed by atoms with Gasteiger partial charge in [0.05, 0.1) is 10.8 Å². The molecule has 4 aliphatic heterocycles. The van der Waals surface area contributed by atoms with Gasteiger partial charge in [-0.15, -0.1) is 26.2 Å². The molecule has 0 saturated carbocycles. The number of nitrogens with zero attached hydrogens (tertiary/aromatic N) is 4. The number of hydrogen-bond acceptors (Lipinski definition) is 6. The Balaban J connectivity index is 0.000000536. The number of imide groups is 4. The molecule has 41 heavy (non-hydrogen) atoms. The second-order valence-electron chi connectivity index (χ2n) is 10.3. The molecular weight excluding hydrogens is 580 g/mol. The minimum absolute atomic E-state index is 0. The number of carbonyl (C=O) groups excluding carboxylic acids is 6. The molecule has 4 heterocycles. The van der Waals surface area contributed by atoms with E-state index in [4.69, 9.17) is 0 Å². The second-order valence-corrected chi connectivity index (χ2v) is 10.3. The third-order valence-corrected chi connectivity index (χ3v) is 7.54. The summed E-state index contributed by atoms with van der Waals surface area (Å²) in [4.78, 5) is 66.8. The maximum atomic E-state index is 11.4. The molecule has 8 amide bonds. The fourth-order valence-electron chi connectivity index (χ4n) is 4.51. The van der Waals surface area contributed by atoms with Gasteiger partial charge in [-0.1, -0.05) is 71.4 Å². The predicted molar refractivity (Wildman–Crippen MR) is 153 cm³/mol. The molecule has 4 rings (SSSR count). The van der Waals surface area contributed by atoms with Crippen LogP contribution in [0.15, 0.2) is 11.6 Å². The number of barbiturate groups is 2. The van der Waals surface area contributed by atoms with E-state index in [1.807, 2.05) is 10.6 Å². The van der Waals surface area contributed by atoms with Crippen molar-refractivity contribution in [1.82, 2.24) is 10.6 Å². The Morgan fingerprint density at radius 3 is 1.46 bits per heavy atom. The third-order valence-electron chi connectivity index (χ3n) is 7.54. The zero-order chi connectivity index (χ0) is 30.3. The number of rotatable bonds is 4. The molecule has 0 spiro atoms. The summed E-state index contributed by atoms with van der Waals surface area (Å²) < 4.78 is 0. The Morgan fingerprint density at radius 2 is 1.24 bits per heavy atom. The molecule has 12 nitrogen and oxygen atoms in total. The molecule has 0 aromatic carbocycles. The van der Waals surface area contributed by atoms with Crippen LogP contribution in [0.25, 0.3) is 21.3 Å². The van der Waals surface area contributed by atoms with Crippen LogP contribution < -0.4 is 10.6 Å². The van der Waals surface area contributed by atoms with Crippen molar-refractivity contribution in [2.24, 2.45) is 16.7 Å². The Labute approximate surface area is 254 Å². The van der Waals surface area contributed by atoms with E-state index in [-0.39, 0.29) is 17.1 Å². The van der Waals surface area contributed by atoms with E-state index in [9.17, 15) is 28.8 Å². The van der Waals surface area contributed by atoms with Crippen molar-refractivity contribution < 1.29 is 45.8 Å². The smallest absolute Gasteiger partial charge is 0.164 e. The molecular formula is C28H44CuN6O6-4. The van der Waals surface area contributed by atoms with E-state index in [1.54, 1.807) is 27.7 Å². The molecule has 0 aromatic heterocycles. The van der Waals surface area contributed by atoms with Gasteiger partial charge < -0.3 is 31.9 Å². The Hall–Kier alpha value is -2.60. The number of urea groups is 2. The van der Waals surface area contributed by atoms with Crippen LogP contribution in [-0.2, 0) is 36.2 Å². The molecule has 237 valence electrons. The van der Waals surface area contributed by atoms with Gasteiger partial charge in [0.15, 0.2) is 35.7 Å². The average molecular weight is 624 g/mol. The van der Waals surface area contributed by atoms with Crippen LogP contribution in [0, 0.1) is 16.7 Å². The van der Waals surface area contributed by atoms with E-state index in [2.05, 4.69) is 41.2 Å². The molecule has 2 N–H and O–H groups in total.